The van der Waals surface area contributed by atoms with Gasteiger partial charge in [-0.05, 0) is 60.2 Å². The van der Waals surface area contributed by atoms with Crippen LogP contribution in [0.1, 0.15) is 0 Å². The zero-order valence-electron chi connectivity index (χ0n) is 6.90. The first-order valence-corrected chi connectivity index (χ1v) is 7.42. The van der Waals surface area contributed by atoms with E-state index >= 15 is 0 Å². The van der Waals surface area contributed by atoms with Gasteiger partial charge in [0, 0.05) is 0 Å². The van der Waals surface area contributed by atoms with Gasteiger partial charge in [-0.25, -0.2) is 0 Å². The molecule has 1 aromatic carbocycles. The van der Waals surface area contributed by atoms with Crippen molar-refractivity contribution >= 4 is 65.4 Å². The molecule has 0 saturated heterocycles. The Labute approximate surface area is 106 Å². The van der Waals surface area contributed by atoms with E-state index in [9.17, 15) is 0 Å². The van der Waals surface area contributed by atoms with Gasteiger partial charge in [-0.1, -0.05) is 11.6 Å². The maximum atomic E-state index is 5.97. The van der Waals surface area contributed by atoms with Crippen molar-refractivity contribution < 1.29 is 4.74 Å². The zero-order chi connectivity index (χ0) is 9.84. The molecule has 0 aliphatic carbocycles. The van der Waals surface area contributed by atoms with Crippen LogP contribution in [0.2, 0.25) is 5.02 Å². The van der Waals surface area contributed by atoms with Crippen molar-refractivity contribution in [3.8, 4) is 5.75 Å². The Morgan fingerprint density at radius 3 is 2.85 bits per heavy atom. The Bertz CT molecular complexity index is 330. The molecule has 0 aliphatic rings. The van der Waals surface area contributed by atoms with Gasteiger partial charge in [0.25, 0.3) is 0 Å². The minimum absolute atomic E-state index is 0.267. The van der Waals surface area contributed by atoms with E-state index in [0.717, 1.165) is 20.0 Å². The number of halogens is 3. The molecule has 1 N–H and O–H groups in total. The minimum atomic E-state index is -0.267. The second-order valence-electron chi connectivity index (χ2n) is 2.17. The van der Waals surface area contributed by atoms with Crippen molar-refractivity contribution in [3.05, 3.63) is 20.7 Å². The van der Waals surface area contributed by atoms with Crippen LogP contribution in [0.25, 0.3) is 0 Å². The smallest absolute Gasteiger partial charge is 0.143 e. The largest absolute Gasteiger partial charge is 0.495 e. The van der Waals surface area contributed by atoms with Gasteiger partial charge in [0.2, 0.25) is 0 Å². The number of methoxy groups -OCH3 is 1. The first-order chi connectivity index (χ1) is 6.20. The van der Waals surface area contributed by atoms with Crippen LogP contribution in [0.4, 0.5) is 5.69 Å². The average molecular weight is 423 g/mol. The lowest BCUT2D eigenvalue weighted by atomic mass is 10.3. The second-order valence-corrected chi connectivity index (χ2v) is 4.95. The van der Waals surface area contributed by atoms with Crippen LogP contribution in [-0.2, 0) is 0 Å². The van der Waals surface area contributed by atoms with Crippen molar-refractivity contribution in [1.82, 2.24) is 0 Å². The summed E-state index contributed by atoms with van der Waals surface area (Å²) in [6, 6.07) is 3.68. The third-order valence-electron chi connectivity index (χ3n) is 1.44. The Morgan fingerprint density at radius 2 is 2.31 bits per heavy atom. The lowest BCUT2D eigenvalue weighted by molar-refractivity contribution is 0.417. The van der Waals surface area contributed by atoms with Crippen LogP contribution >= 0.6 is 55.2 Å². The molecule has 0 spiro atoms. The summed E-state index contributed by atoms with van der Waals surface area (Å²) in [5, 5.41) is 0.737. The lowest BCUT2D eigenvalue weighted by Gasteiger charge is -2.10. The summed E-state index contributed by atoms with van der Waals surface area (Å²) < 4.78 is 13.2. The second kappa shape index (κ2) is 5.35. The van der Waals surface area contributed by atoms with E-state index in [1.54, 1.807) is 7.11 Å². The minimum Gasteiger partial charge on any atom is -0.495 e. The highest BCUT2D eigenvalue weighted by Gasteiger charge is 2.09. The fraction of sp³-hybridized carbons (Fsp3) is 0.125. The van der Waals surface area contributed by atoms with Gasteiger partial charge in [-0.3, -0.25) is 0 Å². The van der Waals surface area contributed by atoms with Crippen LogP contribution in [0.15, 0.2) is 12.1 Å². The molecule has 5 heteroatoms. The van der Waals surface area contributed by atoms with Crippen molar-refractivity contribution in [1.29, 1.82) is 0 Å². The van der Waals surface area contributed by atoms with E-state index in [-0.39, 0.29) is 21.0 Å². The third kappa shape index (κ3) is 2.69. The predicted molar refractivity (Wildman–Crippen MR) is 75.5 cm³/mol. The summed E-state index contributed by atoms with van der Waals surface area (Å²) >= 11 is 7.89. The number of nitrogens with one attached hydrogen (secondary N) is 1. The maximum absolute atomic E-state index is 5.97. The molecule has 1 aromatic rings. The highest BCUT2D eigenvalue weighted by molar-refractivity contribution is 14.2. The van der Waals surface area contributed by atoms with E-state index in [4.69, 9.17) is 16.3 Å². The molecule has 0 radical (unpaired) electrons. The van der Waals surface area contributed by atoms with Gasteiger partial charge < -0.3 is 8.27 Å². The molecule has 0 heterocycles. The topological polar surface area (TPSA) is 21.3 Å². The fourth-order valence-electron chi connectivity index (χ4n) is 0.858. The first kappa shape index (κ1) is 11.5. The normalized spacial score (nSPS) is 9.77. The van der Waals surface area contributed by atoms with Crippen LogP contribution in [0.3, 0.4) is 0 Å². The van der Waals surface area contributed by atoms with E-state index in [1.165, 1.54) is 0 Å². The van der Waals surface area contributed by atoms with Crippen molar-refractivity contribution in [2.75, 3.05) is 10.6 Å². The molecule has 0 bridgehead atoms. The molecule has 0 fully saturated rings. The monoisotopic (exact) mass is 423 g/mol. The summed E-state index contributed by atoms with van der Waals surface area (Å²) in [4.78, 5) is 0. The highest BCUT2D eigenvalue weighted by atomic mass is 127. The summed E-state index contributed by atoms with van der Waals surface area (Å²) in [7, 11) is 1.64. The molecule has 0 atom stereocenters. The van der Waals surface area contributed by atoms with Crippen LogP contribution in [-0.4, -0.2) is 11.6 Å². The van der Waals surface area contributed by atoms with Gasteiger partial charge in [0.1, 0.15) is 11.4 Å². The van der Waals surface area contributed by atoms with E-state index < -0.39 is 0 Å². The number of anilines is 1. The Balaban J connectivity index is 3.23. The molecule has 1 rings (SSSR count). The Kier molecular flexibility index (Phi) is 4.74. The highest BCUT2D eigenvalue weighted by Crippen LogP contribution is 2.35. The Hall–Kier alpha value is 0.440. The van der Waals surface area contributed by atoms with Crippen LogP contribution < -0.4 is 8.27 Å². The molecule has 0 aliphatic heterocycles. The predicted octanol–water partition coefficient (Wildman–Crippen LogP) is 3.68. The van der Waals surface area contributed by atoms with Gasteiger partial charge in [-0.2, -0.15) is 0 Å². The van der Waals surface area contributed by atoms with Gasteiger partial charge in [0.15, 0.2) is 0 Å². The number of benzene rings is 1. The van der Waals surface area contributed by atoms with Crippen molar-refractivity contribution in [2.45, 2.75) is 0 Å². The van der Waals surface area contributed by atoms with E-state index in [0.29, 0.717) is 0 Å². The third-order valence-corrected chi connectivity index (χ3v) is 4.11. The lowest BCUT2D eigenvalue weighted by Crippen LogP contribution is -1.92. The SMILES string of the molecule is C=INc1c(OC)ccc(Cl)c1I. The Morgan fingerprint density at radius 1 is 1.62 bits per heavy atom. The van der Waals surface area contributed by atoms with Crippen molar-refractivity contribution in [3.63, 3.8) is 0 Å². The van der Waals surface area contributed by atoms with Crippen molar-refractivity contribution in [2.24, 2.45) is 0 Å². The summed E-state index contributed by atoms with van der Waals surface area (Å²) in [6.45, 7) is 0. The van der Waals surface area contributed by atoms with Gasteiger partial charge in [-0.15, -0.1) is 0 Å². The number of ether oxygens (including phenoxy) is 1. The number of rotatable bonds is 3. The molecular formula is C8H8ClI2NO. The quantitative estimate of drug-likeness (QED) is 0.592. The van der Waals surface area contributed by atoms with E-state index in [1.807, 2.05) is 12.1 Å². The molecule has 13 heavy (non-hydrogen) atoms. The van der Waals surface area contributed by atoms with Crippen LogP contribution in [0.5, 0.6) is 5.75 Å². The average Bonchev–Trinajstić information content (AvgIpc) is 2.14. The zero-order valence-corrected chi connectivity index (χ0v) is 12.0. The molecule has 0 aromatic heterocycles. The molecule has 0 unspecified atom stereocenters. The molecule has 0 amide bonds. The van der Waals surface area contributed by atoms with Gasteiger partial charge >= 0.3 is 0 Å². The molecule has 0 saturated carbocycles. The molecular weight excluding hydrogens is 415 g/mol. The van der Waals surface area contributed by atoms with Crippen LogP contribution in [0, 0.1) is 3.57 Å². The summed E-state index contributed by atoms with van der Waals surface area (Å²) in [6.07, 6.45) is 0. The number of hydrogen-bond donors (Lipinski definition) is 1. The fourth-order valence-corrected chi connectivity index (χ4v) is 3.03. The molecule has 72 valence electrons. The number of hydrogen-bond acceptors (Lipinski definition) is 2. The van der Waals surface area contributed by atoms with E-state index in [2.05, 4.69) is 30.6 Å². The standard InChI is InChI=1S/C8H8ClI2NO/c1-11-12-8-6(13-2)4-3-5(9)7(8)10/h3-4,12H,1H2,2H3. The maximum Gasteiger partial charge on any atom is 0.143 e. The first-order valence-electron chi connectivity index (χ1n) is 3.36. The molecule has 2 nitrogen and oxygen atoms in total. The summed E-state index contributed by atoms with van der Waals surface area (Å²) in [5.74, 6) is 0.817. The van der Waals surface area contributed by atoms with Gasteiger partial charge in [0.05, 0.1) is 15.7 Å². The summed E-state index contributed by atoms with van der Waals surface area (Å²) in [5.41, 5.74) is 0.957.